The number of carbonyl (C=O) groups excluding carboxylic acids is 3. The van der Waals surface area contributed by atoms with Gasteiger partial charge < -0.3 is 20.4 Å². The van der Waals surface area contributed by atoms with Crippen LogP contribution in [0.25, 0.3) is 10.9 Å². The quantitative estimate of drug-likeness (QED) is 0.395. The highest BCUT2D eigenvalue weighted by Crippen LogP contribution is 2.37. The average Bonchev–Trinajstić information content (AvgIpc) is 3.82. The summed E-state index contributed by atoms with van der Waals surface area (Å²) in [5, 5.41) is 6.01. The first-order valence-corrected chi connectivity index (χ1v) is 18.3. The molecule has 11 nitrogen and oxygen atoms in total. The number of hydrogen-bond donors (Lipinski definition) is 2. The van der Waals surface area contributed by atoms with E-state index in [1.165, 1.54) is 42.7 Å². The summed E-state index contributed by atoms with van der Waals surface area (Å²) in [6.07, 6.45) is 10.0. The molecule has 1 unspecified atom stereocenters. The second kappa shape index (κ2) is 13.8. The molecule has 3 fully saturated rings. The number of carbonyl (C=O) groups is 3. The molecule has 2 N–H and O–H groups in total. The van der Waals surface area contributed by atoms with Crippen molar-refractivity contribution in [1.82, 2.24) is 30.3 Å². The molecule has 6 rings (SSSR count). The monoisotopic (exact) mass is 666 g/mol. The molecule has 1 saturated carbocycles. The zero-order chi connectivity index (χ0) is 33.3. The fourth-order valence-electron chi connectivity index (χ4n) is 6.74. The molecule has 0 spiro atoms. The topological polar surface area (TPSA) is 132 Å². The first-order valence-electron chi connectivity index (χ1n) is 16.4. The number of nitrogens with zero attached hydrogens (tertiary/aromatic N) is 4. The van der Waals surface area contributed by atoms with Gasteiger partial charge in [-0.05, 0) is 74.6 Å². The van der Waals surface area contributed by atoms with Crippen LogP contribution in [0.15, 0.2) is 53.6 Å². The van der Waals surface area contributed by atoms with E-state index in [0.717, 1.165) is 61.8 Å². The van der Waals surface area contributed by atoms with Crippen molar-refractivity contribution >= 4 is 38.5 Å². The molecule has 2 aromatic rings. The van der Waals surface area contributed by atoms with Gasteiger partial charge in [-0.1, -0.05) is 31.1 Å². The van der Waals surface area contributed by atoms with Crippen molar-refractivity contribution in [2.24, 2.45) is 5.92 Å². The second-order valence-electron chi connectivity index (χ2n) is 13.3. The Morgan fingerprint density at radius 2 is 1.85 bits per heavy atom. The lowest BCUT2D eigenvalue weighted by molar-refractivity contribution is -0.137. The summed E-state index contributed by atoms with van der Waals surface area (Å²) >= 11 is 0. The molecule has 252 valence electrons. The Hall–Kier alpha value is -3.68. The van der Waals surface area contributed by atoms with Gasteiger partial charge in [-0.15, -0.1) is 0 Å². The Bertz CT molecular complexity index is 1720. The number of amides is 3. The summed E-state index contributed by atoms with van der Waals surface area (Å²) < 4.78 is 38.8. The number of fused-ring (bicyclic) bond motifs is 1. The van der Waals surface area contributed by atoms with Gasteiger partial charge in [0.05, 0.1) is 23.9 Å². The van der Waals surface area contributed by atoms with Crippen LogP contribution in [0.1, 0.15) is 49.5 Å². The summed E-state index contributed by atoms with van der Waals surface area (Å²) in [5.41, 5.74) is 2.73. The number of likely N-dealkylation sites (N-methyl/N-ethyl adjacent to an activating group) is 1. The van der Waals surface area contributed by atoms with Gasteiger partial charge in [0.1, 0.15) is 23.4 Å². The van der Waals surface area contributed by atoms with Crippen LogP contribution >= 0.6 is 0 Å². The van der Waals surface area contributed by atoms with E-state index in [0.29, 0.717) is 16.9 Å². The van der Waals surface area contributed by atoms with Crippen molar-refractivity contribution in [2.75, 3.05) is 51.4 Å². The summed E-state index contributed by atoms with van der Waals surface area (Å²) in [4.78, 5) is 49.7. The van der Waals surface area contributed by atoms with Gasteiger partial charge in [0.2, 0.25) is 11.8 Å². The predicted octanol–water partition coefficient (Wildman–Crippen LogP) is 2.25. The lowest BCUT2D eigenvalue weighted by Gasteiger charge is -2.39. The van der Waals surface area contributed by atoms with Crippen LogP contribution in [0.5, 0.6) is 0 Å². The number of aromatic nitrogens is 1. The van der Waals surface area contributed by atoms with Crippen LogP contribution in [0.3, 0.4) is 0 Å². The first kappa shape index (κ1) is 33.2. The van der Waals surface area contributed by atoms with Crippen LogP contribution in [0, 0.1) is 11.7 Å². The predicted molar refractivity (Wildman–Crippen MR) is 177 cm³/mol. The molecule has 3 amide bonds. The number of piperazine rings is 1. The largest absolute Gasteiger partial charge is 0.348 e. The molecule has 4 aliphatic rings. The second-order valence-corrected chi connectivity index (χ2v) is 15.4. The third-order valence-electron chi connectivity index (χ3n) is 9.73. The normalized spacial score (nSPS) is 24.0. The third-order valence-corrected chi connectivity index (χ3v) is 11.2. The van der Waals surface area contributed by atoms with E-state index in [1.54, 1.807) is 6.07 Å². The van der Waals surface area contributed by atoms with Gasteiger partial charge in [-0.25, -0.2) is 17.8 Å². The maximum atomic E-state index is 13.6. The molecule has 1 aromatic heterocycles. The summed E-state index contributed by atoms with van der Waals surface area (Å²) in [5.74, 6) is -2.62. The summed E-state index contributed by atoms with van der Waals surface area (Å²) in [7, 11) is -1.56. The Morgan fingerprint density at radius 3 is 2.60 bits per heavy atom. The Morgan fingerprint density at radius 1 is 1.09 bits per heavy atom. The van der Waals surface area contributed by atoms with Crippen molar-refractivity contribution in [3.05, 3.63) is 65.1 Å². The minimum Gasteiger partial charge on any atom is -0.348 e. The lowest BCUT2D eigenvalue weighted by Crippen LogP contribution is -2.52. The molecule has 2 aliphatic carbocycles. The number of hydrogen-bond acceptors (Lipinski definition) is 8. The van der Waals surface area contributed by atoms with Crippen LogP contribution in [-0.4, -0.2) is 115 Å². The third kappa shape index (κ3) is 8.07. The Balaban J connectivity index is 1.09. The maximum absolute atomic E-state index is 13.6. The maximum Gasteiger partial charge on any atom is 0.270 e. The van der Waals surface area contributed by atoms with E-state index in [1.807, 2.05) is 6.92 Å². The highest BCUT2D eigenvalue weighted by molar-refractivity contribution is 7.91. The Kier molecular flexibility index (Phi) is 9.77. The van der Waals surface area contributed by atoms with Gasteiger partial charge in [0.25, 0.3) is 5.91 Å². The standard InChI is InChI=1S/C34H43FN6O5S/c1-22(28-10-9-27(40-15-13-39(2)14-16-40)18-24(28)6-5-23-3-4-23)37-34(44)31-20-47(45,46)21-41(31)32(42)19-36-33(43)30-11-7-25-17-26(35)8-12-29(25)38-30/h7-8,10-12,17-18,22-23,27,31H,3-6,9,13-16,19-21H2,1-2H3,(H,36,43)(H,37,44)/t22-,27?,31-/m0/s1. The molecular formula is C34H43FN6O5S. The van der Waals surface area contributed by atoms with Crippen molar-refractivity contribution in [2.45, 2.75) is 57.2 Å². The van der Waals surface area contributed by atoms with E-state index >= 15 is 0 Å². The van der Waals surface area contributed by atoms with Crippen LogP contribution in [0.2, 0.25) is 0 Å². The van der Waals surface area contributed by atoms with Crippen LogP contribution in [0.4, 0.5) is 4.39 Å². The fourth-order valence-corrected chi connectivity index (χ4v) is 8.40. The molecule has 1 aromatic carbocycles. The number of benzene rings is 1. The highest BCUT2D eigenvalue weighted by Gasteiger charge is 2.43. The zero-order valence-electron chi connectivity index (χ0n) is 27.0. The van der Waals surface area contributed by atoms with Crippen LogP contribution < -0.4 is 10.6 Å². The number of sulfone groups is 1. The average molecular weight is 667 g/mol. The van der Waals surface area contributed by atoms with Crippen molar-refractivity contribution in [3.63, 3.8) is 0 Å². The smallest absolute Gasteiger partial charge is 0.270 e. The number of pyridine rings is 1. The van der Waals surface area contributed by atoms with Crippen LogP contribution in [-0.2, 0) is 19.4 Å². The van der Waals surface area contributed by atoms with Crippen molar-refractivity contribution in [1.29, 1.82) is 0 Å². The molecule has 0 bridgehead atoms. The molecular weight excluding hydrogens is 623 g/mol. The first-order chi connectivity index (χ1) is 22.5. The van der Waals surface area contributed by atoms with Gasteiger partial charge in [-0.2, -0.15) is 0 Å². The van der Waals surface area contributed by atoms with Crippen molar-refractivity contribution in [3.8, 4) is 0 Å². The van der Waals surface area contributed by atoms with E-state index in [-0.39, 0.29) is 11.7 Å². The highest BCUT2D eigenvalue weighted by atomic mass is 32.2. The summed E-state index contributed by atoms with van der Waals surface area (Å²) in [6.45, 7) is 5.51. The SMILES string of the molecule is C[C@H](NC(=O)[C@@H]1CS(=O)(=O)CN1C(=O)CNC(=O)c1ccc2cc(F)ccc2n1)C1=CCC(N2CCN(C)CC2)C=C1CCC1CC1. The fraction of sp³-hybridized carbons (Fsp3) is 0.529. The number of rotatable bonds is 10. The Labute approximate surface area is 275 Å². The zero-order valence-corrected chi connectivity index (χ0v) is 27.8. The summed E-state index contributed by atoms with van der Waals surface area (Å²) in [6, 6.07) is 5.71. The van der Waals surface area contributed by atoms with Gasteiger partial charge >= 0.3 is 0 Å². The molecule has 2 aliphatic heterocycles. The van der Waals surface area contributed by atoms with Crippen molar-refractivity contribution < 1.29 is 27.2 Å². The lowest BCUT2D eigenvalue weighted by atomic mass is 9.86. The van der Waals surface area contributed by atoms with Gasteiger partial charge in [0.15, 0.2) is 9.84 Å². The molecule has 2 saturated heterocycles. The minimum absolute atomic E-state index is 0.0234. The van der Waals surface area contributed by atoms with Gasteiger partial charge in [0, 0.05) is 37.6 Å². The molecule has 13 heteroatoms. The van der Waals surface area contributed by atoms with E-state index in [4.69, 9.17) is 0 Å². The van der Waals surface area contributed by atoms with Gasteiger partial charge in [-0.3, -0.25) is 19.3 Å². The molecule has 3 atom stereocenters. The van der Waals surface area contributed by atoms with E-state index in [9.17, 15) is 27.2 Å². The van der Waals surface area contributed by atoms with E-state index < -0.39 is 57.6 Å². The molecule has 47 heavy (non-hydrogen) atoms. The molecule has 0 radical (unpaired) electrons. The number of nitrogens with one attached hydrogen (secondary N) is 2. The molecule has 3 heterocycles. The minimum atomic E-state index is -3.71. The van der Waals surface area contributed by atoms with E-state index in [2.05, 4.69) is 44.6 Å². The number of halogens is 1.